The Kier molecular flexibility index (Phi) is 3.94. The summed E-state index contributed by atoms with van der Waals surface area (Å²) in [4.78, 5) is 14.7. The van der Waals surface area contributed by atoms with Crippen LogP contribution in [0.25, 0.3) is 0 Å². The van der Waals surface area contributed by atoms with Crippen LogP contribution in [0.5, 0.6) is 0 Å². The van der Waals surface area contributed by atoms with E-state index in [2.05, 4.69) is 6.92 Å². The number of nitrogen functional groups attached to an aromatic ring is 1. The number of amides is 1. The molecule has 1 amide bonds. The van der Waals surface area contributed by atoms with Gasteiger partial charge in [0.25, 0.3) is 0 Å². The van der Waals surface area contributed by atoms with Gasteiger partial charge in [-0.1, -0.05) is 6.92 Å². The van der Waals surface area contributed by atoms with Crippen LogP contribution in [0.1, 0.15) is 26.2 Å². The minimum absolute atomic E-state index is 0.189. The Morgan fingerprint density at radius 2 is 2.29 bits per heavy atom. The minimum atomic E-state index is 0.189. The lowest BCUT2D eigenvalue weighted by atomic mass is 10.2. The second-order valence-corrected chi connectivity index (χ2v) is 5.39. The molecule has 1 fully saturated rings. The molecule has 1 saturated heterocycles. The molecule has 2 N–H and O–H groups in total. The van der Waals surface area contributed by atoms with Crippen molar-refractivity contribution in [2.75, 3.05) is 22.9 Å². The van der Waals surface area contributed by atoms with E-state index < -0.39 is 0 Å². The normalized spacial score (nSPS) is 15.6. The summed E-state index contributed by atoms with van der Waals surface area (Å²) in [7, 11) is 0. The number of nitrogens with zero attached hydrogens (tertiary/aromatic N) is 1. The van der Waals surface area contributed by atoms with Crippen LogP contribution in [0.4, 0.5) is 11.4 Å². The third-order valence-corrected chi connectivity index (χ3v) is 4.04. The highest BCUT2D eigenvalue weighted by molar-refractivity contribution is 7.99. The zero-order valence-electron chi connectivity index (χ0n) is 10.1. The average molecular weight is 250 g/mol. The van der Waals surface area contributed by atoms with Crippen LogP contribution < -0.4 is 10.6 Å². The maximum atomic E-state index is 11.7. The molecule has 3 nitrogen and oxygen atoms in total. The molecule has 0 unspecified atom stereocenters. The number of anilines is 2. The predicted octanol–water partition coefficient (Wildman–Crippen LogP) is 2.90. The van der Waals surface area contributed by atoms with E-state index >= 15 is 0 Å². The van der Waals surface area contributed by atoms with E-state index in [-0.39, 0.29) is 5.91 Å². The molecule has 92 valence electrons. The number of thioether (sulfide) groups is 1. The van der Waals surface area contributed by atoms with Crippen LogP contribution in [0.3, 0.4) is 0 Å². The van der Waals surface area contributed by atoms with E-state index in [1.807, 2.05) is 34.9 Å². The first-order valence-corrected chi connectivity index (χ1v) is 7.03. The zero-order chi connectivity index (χ0) is 12.3. The van der Waals surface area contributed by atoms with Crippen molar-refractivity contribution in [2.45, 2.75) is 31.1 Å². The summed E-state index contributed by atoms with van der Waals surface area (Å²) >= 11 is 1.81. The molecule has 1 aromatic rings. The van der Waals surface area contributed by atoms with Gasteiger partial charge in [0, 0.05) is 17.9 Å². The number of nitrogens with two attached hydrogens (primary N) is 1. The van der Waals surface area contributed by atoms with Crippen molar-refractivity contribution in [2.24, 2.45) is 0 Å². The van der Waals surface area contributed by atoms with Gasteiger partial charge in [-0.2, -0.15) is 0 Å². The standard InChI is InChI=1S/C13H18N2OS/c1-2-8-17-10-5-6-11(14)12(9-10)15-7-3-4-13(15)16/h5-6,9H,2-4,7-8,14H2,1H3. The molecule has 0 bridgehead atoms. The molecule has 1 heterocycles. The SMILES string of the molecule is CCCSc1ccc(N)c(N2CCCC2=O)c1. The Hall–Kier alpha value is -1.16. The van der Waals surface area contributed by atoms with Gasteiger partial charge >= 0.3 is 0 Å². The number of hydrogen-bond donors (Lipinski definition) is 1. The lowest BCUT2D eigenvalue weighted by molar-refractivity contribution is -0.117. The Morgan fingerprint density at radius 1 is 1.47 bits per heavy atom. The third kappa shape index (κ3) is 2.75. The van der Waals surface area contributed by atoms with Gasteiger partial charge in [-0.25, -0.2) is 0 Å². The molecule has 4 heteroatoms. The molecular formula is C13H18N2OS. The predicted molar refractivity (Wildman–Crippen MR) is 73.5 cm³/mol. The molecule has 2 rings (SSSR count). The van der Waals surface area contributed by atoms with Gasteiger partial charge in [0.2, 0.25) is 5.91 Å². The number of hydrogen-bond acceptors (Lipinski definition) is 3. The molecule has 1 aromatic carbocycles. The van der Waals surface area contributed by atoms with Crippen molar-refractivity contribution < 1.29 is 4.79 Å². The maximum absolute atomic E-state index is 11.7. The number of carbonyl (C=O) groups is 1. The largest absolute Gasteiger partial charge is 0.397 e. The van der Waals surface area contributed by atoms with E-state index in [1.165, 1.54) is 4.90 Å². The summed E-state index contributed by atoms with van der Waals surface area (Å²) in [5.41, 5.74) is 7.54. The van der Waals surface area contributed by atoms with E-state index in [0.29, 0.717) is 12.1 Å². The lowest BCUT2D eigenvalue weighted by Gasteiger charge is -2.18. The first kappa shape index (κ1) is 12.3. The maximum Gasteiger partial charge on any atom is 0.227 e. The molecule has 0 radical (unpaired) electrons. The van der Waals surface area contributed by atoms with E-state index in [1.54, 1.807) is 0 Å². The summed E-state index contributed by atoms with van der Waals surface area (Å²) in [6.07, 6.45) is 2.73. The molecule has 17 heavy (non-hydrogen) atoms. The second-order valence-electron chi connectivity index (χ2n) is 4.22. The topological polar surface area (TPSA) is 46.3 Å². The molecule has 1 aliphatic rings. The van der Waals surface area contributed by atoms with Gasteiger partial charge < -0.3 is 10.6 Å². The Labute approximate surface area is 106 Å². The zero-order valence-corrected chi connectivity index (χ0v) is 10.9. The smallest absolute Gasteiger partial charge is 0.227 e. The fourth-order valence-corrected chi connectivity index (χ4v) is 2.77. The quantitative estimate of drug-likeness (QED) is 0.660. The van der Waals surface area contributed by atoms with Gasteiger partial charge in [0.15, 0.2) is 0 Å². The van der Waals surface area contributed by atoms with E-state index in [9.17, 15) is 4.79 Å². The average Bonchev–Trinajstić information content (AvgIpc) is 2.74. The molecule has 0 atom stereocenters. The van der Waals surface area contributed by atoms with E-state index in [4.69, 9.17) is 5.73 Å². The highest BCUT2D eigenvalue weighted by atomic mass is 32.2. The van der Waals surface area contributed by atoms with Gasteiger partial charge in [-0.05, 0) is 36.8 Å². The van der Waals surface area contributed by atoms with Crippen molar-refractivity contribution in [1.82, 2.24) is 0 Å². The van der Waals surface area contributed by atoms with Crippen LogP contribution in [0.2, 0.25) is 0 Å². The summed E-state index contributed by atoms with van der Waals surface area (Å²) in [6, 6.07) is 5.97. The van der Waals surface area contributed by atoms with Crippen molar-refractivity contribution in [3.8, 4) is 0 Å². The fourth-order valence-electron chi connectivity index (χ4n) is 1.97. The molecule has 1 aliphatic heterocycles. The second kappa shape index (κ2) is 5.45. The van der Waals surface area contributed by atoms with Crippen molar-refractivity contribution in [1.29, 1.82) is 0 Å². The number of benzene rings is 1. The summed E-state index contributed by atoms with van der Waals surface area (Å²) < 4.78 is 0. The monoisotopic (exact) mass is 250 g/mol. The van der Waals surface area contributed by atoms with Crippen LogP contribution in [-0.2, 0) is 4.79 Å². The van der Waals surface area contributed by atoms with Gasteiger partial charge in [0.05, 0.1) is 11.4 Å². The van der Waals surface area contributed by atoms with Gasteiger partial charge in [-0.3, -0.25) is 4.79 Å². The summed E-state index contributed by atoms with van der Waals surface area (Å²) in [6.45, 7) is 2.96. The Balaban J connectivity index is 2.22. The van der Waals surface area contributed by atoms with Crippen LogP contribution in [-0.4, -0.2) is 18.2 Å². The summed E-state index contributed by atoms with van der Waals surface area (Å²) in [5, 5.41) is 0. The van der Waals surface area contributed by atoms with Crippen LogP contribution in [0, 0.1) is 0 Å². The number of rotatable bonds is 4. The van der Waals surface area contributed by atoms with Crippen molar-refractivity contribution in [3.05, 3.63) is 18.2 Å². The first-order chi connectivity index (χ1) is 8.22. The number of carbonyl (C=O) groups excluding carboxylic acids is 1. The van der Waals surface area contributed by atoms with Crippen LogP contribution in [0.15, 0.2) is 23.1 Å². The van der Waals surface area contributed by atoms with E-state index in [0.717, 1.165) is 30.8 Å². The molecule has 0 aromatic heterocycles. The lowest BCUT2D eigenvalue weighted by Crippen LogP contribution is -2.24. The third-order valence-electron chi connectivity index (χ3n) is 2.84. The summed E-state index contributed by atoms with van der Waals surface area (Å²) in [5.74, 6) is 1.28. The molecule has 0 saturated carbocycles. The van der Waals surface area contributed by atoms with Gasteiger partial charge in [-0.15, -0.1) is 11.8 Å². The highest BCUT2D eigenvalue weighted by Gasteiger charge is 2.23. The first-order valence-electron chi connectivity index (χ1n) is 6.05. The molecular weight excluding hydrogens is 232 g/mol. The molecule has 0 aliphatic carbocycles. The van der Waals surface area contributed by atoms with Crippen molar-refractivity contribution in [3.63, 3.8) is 0 Å². The Morgan fingerprint density at radius 3 is 2.94 bits per heavy atom. The van der Waals surface area contributed by atoms with Crippen LogP contribution >= 0.6 is 11.8 Å². The highest BCUT2D eigenvalue weighted by Crippen LogP contribution is 2.32. The van der Waals surface area contributed by atoms with Crippen molar-refractivity contribution >= 4 is 29.0 Å². The Bertz CT molecular complexity index is 420. The molecule has 0 spiro atoms. The fraction of sp³-hybridized carbons (Fsp3) is 0.462. The van der Waals surface area contributed by atoms with Gasteiger partial charge in [0.1, 0.15) is 0 Å². The minimum Gasteiger partial charge on any atom is -0.397 e.